The van der Waals surface area contributed by atoms with E-state index in [-0.39, 0.29) is 43.1 Å². The highest BCUT2D eigenvalue weighted by Gasteiger charge is 2.27. The molecule has 0 saturated carbocycles. The molecule has 0 aliphatic carbocycles. The fourth-order valence-electron chi connectivity index (χ4n) is 2.79. The quantitative estimate of drug-likeness (QED) is 0.495. The van der Waals surface area contributed by atoms with E-state index in [9.17, 15) is 26.7 Å². The zero-order valence-corrected chi connectivity index (χ0v) is 13.8. The Hall–Kier alpha value is -2.98. The number of amides is 1. The molecule has 2 N–H and O–H groups in total. The second-order valence-corrected chi connectivity index (χ2v) is 5.94. The number of benzene rings is 1. The van der Waals surface area contributed by atoms with Crippen LogP contribution in [0.2, 0.25) is 0 Å². The summed E-state index contributed by atoms with van der Waals surface area (Å²) in [6, 6.07) is 1.19. The lowest BCUT2D eigenvalue weighted by Crippen LogP contribution is -2.38. The topological polar surface area (TPSA) is 77.0 Å². The van der Waals surface area contributed by atoms with Crippen molar-refractivity contribution in [2.45, 2.75) is 25.9 Å². The fraction of sp³-hybridized carbons (Fsp3) is 0.312. The summed E-state index contributed by atoms with van der Waals surface area (Å²) in [4.78, 5) is 13.6. The summed E-state index contributed by atoms with van der Waals surface area (Å²) < 4.78 is 66.9. The van der Waals surface area contributed by atoms with Crippen molar-refractivity contribution >= 4 is 5.91 Å². The van der Waals surface area contributed by atoms with Gasteiger partial charge in [-0.05, 0) is 11.6 Å². The average molecular weight is 387 g/mol. The van der Waals surface area contributed by atoms with Gasteiger partial charge in [0.05, 0.1) is 6.54 Å². The maximum absolute atomic E-state index is 13.7. The zero-order valence-electron chi connectivity index (χ0n) is 13.8. The second kappa shape index (κ2) is 7.33. The number of rotatable bonds is 4. The van der Waals surface area contributed by atoms with Gasteiger partial charge in [0.15, 0.2) is 23.3 Å². The van der Waals surface area contributed by atoms with Gasteiger partial charge in [0.2, 0.25) is 5.91 Å². The van der Waals surface area contributed by atoms with Crippen LogP contribution in [-0.2, 0) is 24.3 Å². The molecular formula is C16H14F5N5O. The summed E-state index contributed by atoms with van der Waals surface area (Å²) in [6.45, 7) is 0.160. The van der Waals surface area contributed by atoms with Gasteiger partial charge in [0.1, 0.15) is 5.82 Å². The van der Waals surface area contributed by atoms with Gasteiger partial charge >= 0.3 is 0 Å². The van der Waals surface area contributed by atoms with Crippen molar-refractivity contribution in [3.8, 4) is 0 Å². The number of hydrogen-bond acceptors (Lipinski definition) is 4. The van der Waals surface area contributed by atoms with E-state index in [4.69, 9.17) is 5.73 Å². The number of alkyl halides is 2. The molecule has 0 atom stereocenters. The Bertz CT molecular complexity index is 911. The van der Waals surface area contributed by atoms with E-state index in [1.54, 1.807) is 0 Å². The normalized spacial score (nSPS) is 14.6. The van der Waals surface area contributed by atoms with Gasteiger partial charge in [-0.15, -0.1) is 10.2 Å². The molecule has 0 fully saturated rings. The first kappa shape index (κ1) is 18.8. The second-order valence-electron chi connectivity index (χ2n) is 5.94. The summed E-state index contributed by atoms with van der Waals surface area (Å²) in [6.07, 6.45) is -2.14. The Morgan fingerprint density at radius 3 is 2.67 bits per heavy atom. The van der Waals surface area contributed by atoms with Crippen molar-refractivity contribution in [2.75, 3.05) is 6.54 Å². The van der Waals surface area contributed by atoms with E-state index in [0.29, 0.717) is 6.07 Å². The summed E-state index contributed by atoms with van der Waals surface area (Å²) in [5, 5.41) is 7.05. The van der Waals surface area contributed by atoms with Crippen LogP contribution in [0.15, 0.2) is 23.9 Å². The number of halogens is 5. The molecule has 1 amide bonds. The first-order valence-corrected chi connectivity index (χ1v) is 7.84. The molecular weight excluding hydrogens is 373 g/mol. The number of hydrogen-bond donors (Lipinski definition) is 1. The minimum absolute atomic E-state index is 0.0503. The third-order valence-corrected chi connectivity index (χ3v) is 4.06. The average Bonchev–Trinajstić information content (AvgIpc) is 3.02. The number of carbonyl (C=O) groups is 1. The monoisotopic (exact) mass is 387 g/mol. The summed E-state index contributed by atoms with van der Waals surface area (Å²) in [7, 11) is 0. The third-order valence-electron chi connectivity index (χ3n) is 4.06. The van der Waals surface area contributed by atoms with Gasteiger partial charge in [0, 0.05) is 37.3 Å². The van der Waals surface area contributed by atoms with Gasteiger partial charge in [0.25, 0.3) is 6.43 Å². The van der Waals surface area contributed by atoms with Crippen LogP contribution in [0, 0.1) is 17.5 Å². The van der Waals surface area contributed by atoms with Gasteiger partial charge in [-0.3, -0.25) is 4.79 Å². The minimum Gasteiger partial charge on any atom is -0.402 e. The van der Waals surface area contributed by atoms with Crippen molar-refractivity contribution in [1.82, 2.24) is 19.7 Å². The lowest BCUT2D eigenvalue weighted by molar-refractivity contribution is -0.127. The van der Waals surface area contributed by atoms with Crippen LogP contribution in [0.25, 0.3) is 0 Å². The molecule has 1 aliphatic rings. The Morgan fingerprint density at radius 1 is 1.22 bits per heavy atom. The smallest absolute Gasteiger partial charge is 0.297 e. The molecule has 11 heteroatoms. The lowest BCUT2D eigenvalue weighted by atomic mass is 10.1. The predicted octanol–water partition coefficient (Wildman–Crippen LogP) is 2.06. The Labute approximate surface area is 150 Å². The Morgan fingerprint density at radius 2 is 1.96 bits per heavy atom. The molecule has 2 aromatic rings. The van der Waals surface area contributed by atoms with Crippen molar-refractivity contribution < 1.29 is 26.7 Å². The number of nitrogens with zero attached hydrogens (tertiary/aromatic N) is 4. The van der Waals surface area contributed by atoms with Gasteiger partial charge < -0.3 is 15.2 Å². The van der Waals surface area contributed by atoms with Crippen molar-refractivity contribution in [3.05, 3.63) is 58.6 Å². The molecule has 144 valence electrons. The molecule has 6 nitrogen and oxygen atoms in total. The van der Waals surface area contributed by atoms with E-state index >= 15 is 0 Å². The standard InChI is InChI=1S/C16H14F5N5O/c17-9-3-8(14(19)11(18)5-9)4-10(22)6-13(27)25-1-2-26-12(7-25)23-24-16(26)15(20)21/h3,5-6,15H,1-2,4,7,22H2/b10-6-. The molecule has 1 aromatic heterocycles. The van der Waals surface area contributed by atoms with Crippen molar-refractivity contribution in [1.29, 1.82) is 0 Å². The van der Waals surface area contributed by atoms with Gasteiger partial charge in [-0.25, -0.2) is 22.0 Å². The number of fused-ring (bicyclic) bond motifs is 1. The fourth-order valence-corrected chi connectivity index (χ4v) is 2.79. The molecule has 0 bridgehead atoms. The maximum Gasteiger partial charge on any atom is 0.297 e. The van der Waals surface area contributed by atoms with Gasteiger partial charge in [-0.2, -0.15) is 0 Å². The molecule has 3 rings (SSSR count). The van der Waals surface area contributed by atoms with Crippen molar-refractivity contribution in [3.63, 3.8) is 0 Å². The minimum atomic E-state index is -2.77. The molecule has 27 heavy (non-hydrogen) atoms. The molecule has 0 unspecified atom stereocenters. The highest BCUT2D eigenvalue weighted by Crippen LogP contribution is 2.21. The Kier molecular flexibility index (Phi) is 5.10. The molecule has 1 aliphatic heterocycles. The summed E-state index contributed by atoms with van der Waals surface area (Å²) >= 11 is 0. The SMILES string of the molecule is N/C(=C\C(=O)N1CCn2c(nnc2C(F)F)C1)Cc1cc(F)cc(F)c1F. The van der Waals surface area contributed by atoms with Crippen LogP contribution >= 0.6 is 0 Å². The van der Waals surface area contributed by atoms with Crippen LogP contribution in [0.3, 0.4) is 0 Å². The maximum atomic E-state index is 13.7. The van der Waals surface area contributed by atoms with E-state index in [1.165, 1.54) is 9.47 Å². The highest BCUT2D eigenvalue weighted by atomic mass is 19.3. The number of nitrogens with two attached hydrogens (primary N) is 1. The molecule has 0 radical (unpaired) electrons. The van der Waals surface area contributed by atoms with E-state index in [0.717, 1.165) is 12.1 Å². The largest absolute Gasteiger partial charge is 0.402 e. The molecule has 0 saturated heterocycles. The van der Waals surface area contributed by atoms with Crippen LogP contribution in [0.4, 0.5) is 22.0 Å². The Balaban J connectivity index is 1.71. The molecule has 2 heterocycles. The van der Waals surface area contributed by atoms with Crippen LogP contribution in [-0.4, -0.2) is 32.1 Å². The van der Waals surface area contributed by atoms with Crippen molar-refractivity contribution in [2.24, 2.45) is 5.73 Å². The van der Waals surface area contributed by atoms with Crippen LogP contribution in [0.5, 0.6) is 0 Å². The lowest BCUT2D eigenvalue weighted by Gasteiger charge is -2.27. The highest BCUT2D eigenvalue weighted by molar-refractivity contribution is 5.88. The number of aromatic nitrogens is 3. The number of allylic oxidation sites excluding steroid dienone is 1. The van der Waals surface area contributed by atoms with Crippen LogP contribution < -0.4 is 5.73 Å². The van der Waals surface area contributed by atoms with Crippen LogP contribution in [0.1, 0.15) is 23.6 Å². The first-order chi connectivity index (χ1) is 12.8. The van der Waals surface area contributed by atoms with E-state index < -0.39 is 35.6 Å². The summed E-state index contributed by atoms with van der Waals surface area (Å²) in [5.74, 6) is -4.38. The van der Waals surface area contributed by atoms with Gasteiger partial charge in [-0.1, -0.05) is 0 Å². The zero-order chi connectivity index (χ0) is 19.7. The molecule has 0 spiro atoms. The summed E-state index contributed by atoms with van der Waals surface area (Å²) in [5.41, 5.74) is 5.26. The van der Waals surface area contributed by atoms with E-state index in [1.807, 2.05) is 0 Å². The number of carbonyl (C=O) groups excluding carboxylic acids is 1. The first-order valence-electron chi connectivity index (χ1n) is 7.84. The van der Waals surface area contributed by atoms with E-state index in [2.05, 4.69) is 10.2 Å². The molecule has 1 aromatic carbocycles. The predicted molar refractivity (Wildman–Crippen MR) is 82.7 cm³/mol. The third kappa shape index (κ3) is 3.91.